The average molecular weight is 441 g/mol. The van der Waals surface area contributed by atoms with Crippen LogP contribution in [0.2, 0.25) is 0 Å². The standard InChI is InChI=1S/C17H21FN5O6P/c1-9(29-30(25)26)11-7-10(3-4-12(11)18)8-23-15-13(20-17(23)27-2)14(19)21-16(22-15)28-6-5-24/h3-4,7,9,24,30H,5-6,8H2,1-2H3,(H,25,26)(H2,19,21,22). The number of aliphatic hydroxyl groups is 1. The number of nitrogens with zero attached hydrogens (tertiary/aromatic N) is 4. The Kier molecular flexibility index (Phi) is 6.83. The van der Waals surface area contributed by atoms with E-state index in [1.165, 1.54) is 26.2 Å². The number of benzene rings is 1. The van der Waals surface area contributed by atoms with Crippen molar-refractivity contribution in [1.29, 1.82) is 0 Å². The second-order valence-corrected chi connectivity index (χ2v) is 6.97. The van der Waals surface area contributed by atoms with Crippen molar-refractivity contribution >= 4 is 25.2 Å². The number of imidazole rings is 1. The molecule has 0 fully saturated rings. The second-order valence-electron chi connectivity index (χ2n) is 6.20. The first-order chi connectivity index (χ1) is 14.3. The van der Waals surface area contributed by atoms with Gasteiger partial charge in [0.1, 0.15) is 12.4 Å². The highest BCUT2D eigenvalue weighted by Gasteiger charge is 2.20. The first-order valence-corrected chi connectivity index (χ1v) is 10.1. The van der Waals surface area contributed by atoms with Crippen LogP contribution < -0.4 is 15.2 Å². The Hall–Kier alpha value is -2.79. The van der Waals surface area contributed by atoms with Gasteiger partial charge in [-0.25, -0.2) is 4.39 Å². The van der Waals surface area contributed by atoms with Crippen LogP contribution in [0.4, 0.5) is 10.2 Å². The third kappa shape index (κ3) is 4.68. The van der Waals surface area contributed by atoms with Crippen molar-refractivity contribution < 1.29 is 33.0 Å². The number of anilines is 1. The van der Waals surface area contributed by atoms with E-state index in [1.54, 1.807) is 10.6 Å². The van der Waals surface area contributed by atoms with E-state index in [9.17, 15) is 8.96 Å². The molecule has 162 valence electrons. The third-order valence-electron chi connectivity index (χ3n) is 4.19. The quantitative estimate of drug-likeness (QED) is 0.415. The summed E-state index contributed by atoms with van der Waals surface area (Å²) in [4.78, 5) is 21.5. The summed E-state index contributed by atoms with van der Waals surface area (Å²) in [6.07, 6.45) is -0.917. The molecule has 4 N–H and O–H groups in total. The van der Waals surface area contributed by atoms with Gasteiger partial charge in [-0.1, -0.05) is 6.07 Å². The zero-order chi connectivity index (χ0) is 21.8. The Morgan fingerprint density at radius 2 is 2.10 bits per heavy atom. The summed E-state index contributed by atoms with van der Waals surface area (Å²) in [5.41, 5.74) is 7.32. The molecule has 1 aromatic carbocycles. The van der Waals surface area contributed by atoms with Crippen LogP contribution in [0.25, 0.3) is 11.2 Å². The summed E-state index contributed by atoms with van der Waals surface area (Å²) in [6.45, 7) is 1.42. The van der Waals surface area contributed by atoms with E-state index in [2.05, 4.69) is 15.0 Å². The summed E-state index contributed by atoms with van der Waals surface area (Å²) < 4.78 is 42.1. The molecule has 3 aromatic rings. The van der Waals surface area contributed by atoms with Gasteiger partial charge in [0, 0.05) is 5.56 Å². The number of hydrogen-bond acceptors (Lipinski definition) is 9. The van der Waals surface area contributed by atoms with Crippen molar-refractivity contribution in [3.05, 3.63) is 35.1 Å². The number of methoxy groups -OCH3 is 1. The smallest absolute Gasteiger partial charge is 0.320 e. The van der Waals surface area contributed by atoms with Gasteiger partial charge in [-0.05, 0) is 24.6 Å². The van der Waals surface area contributed by atoms with Crippen LogP contribution in [0, 0.1) is 5.82 Å². The molecule has 0 amide bonds. The molecule has 0 aliphatic heterocycles. The number of ether oxygens (including phenoxy) is 2. The van der Waals surface area contributed by atoms with Crippen molar-refractivity contribution in [2.75, 3.05) is 26.1 Å². The Bertz CT molecular complexity index is 1080. The lowest BCUT2D eigenvalue weighted by Gasteiger charge is -2.14. The Labute approximate surface area is 171 Å². The van der Waals surface area contributed by atoms with Crippen LogP contribution in [-0.4, -0.2) is 49.8 Å². The average Bonchev–Trinajstić information content (AvgIpc) is 3.05. The van der Waals surface area contributed by atoms with Crippen LogP contribution in [0.1, 0.15) is 24.2 Å². The molecule has 0 saturated carbocycles. The maximum Gasteiger partial charge on any atom is 0.320 e. The van der Waals surface area contributed by atoms with Crippen LogP contribution in [0.15, 0.2) is 18.2 Å². The number of rotatable bonds is 9. The lowest BCUT2D eigenvalue weighted by Crippen LogP contribution is -2.09. The monoisotopic (exact) mass is 441 g/mol. The fraction of sp³-hybridized carbons (Fsp3) is 0.353. The van der Waals surface area contributed by atoms with Crippen LogP contribution in [0.5, 0.6) is 12.0 Å². The molecule has 2 aromatic heterocycles. The number of halogens is 1. The highest BCUT2D eigenvalue weighted by atomic mass is 31.1. The maximum absolute atomic E-state index is 14.2. The third-order valence-corrected chi connectivity index (χ3v) is 4.74. The van der Waals surface area contributed by atoms with Crippen LogP contribution >= 0.6 is 8.25 Å². The van der Waals surface area contributed by atoms with E-state index >= 15 is 0 Å². The molecular formula is C17H21FN5O6P. The van der Waals surface area contributed by atoms with Crippen molar-refractivity contribution in [3.63, 3.8) is 0 Å². The predicted molar refractivity (Wildman–Crippen MR) is 105 cm³/mol. The zero-order valence-electron chi connectivity index (χ0n) is 16.2. The highest BCUT2D eigenvalue weighted by molar-refractivity contribution is 7.32. The van der Waals surface area contributed by atoms with Crippen LogP contribution in [-0.2, 0) is 15.6 Å². The molecule has 0 aliphatic carbocycles. The van der Waals surface area contributed by atoms with E-state index in [0.29, 0.717) is 16.7 Å². The van der Waals surface area contributed by atoms with E-state index in [1.807, 2.05) is 0 Å². The summed E-state index contributed by atoms with van der Waals surface area (Å²) in [5.74, 6) is -0.497. The van der Waals surface area contributed by atoms with Crippen molar-refractivity contribution in [2.24, 2.45) is 0 Å². The first-order valence-electron chi connectivity index (χ1n) is 8.83. The Morgan fingerprint density at radius 1 is 1.33 bits per heavy atom. The van der Waals surface area contributed by atoms with Gasteiger partial charge < -0.3 is 29.7 Å². The number of aliphatic hydroxyl groups excluding tert-OH is 1. The van der Waals surface area contributed by atoms with Gasteiger partial charge in [-0.3, -0.25) is 9.13 Å². The number of nitrogen functional groups attached to an aromatic ring is 1. The molecule has 2 unspecified atom stereocenters. The number of hydrogen-bond donors (Lipinski definition) is 3. The van der Waals surface area contributed by atoms with Crippen molar-refractivity contribution in [1.82, 2.24) is 19.5 Å². The first kappa shape index (κ1) is 21.9. The fourth-order valence-electron chi connectivity index (χ4n) is 2.88. The van der Waals surface area contributed by atoms with E-state index in [-0.39, 0.29) is 43.2 Å². The van der Waals surface area contributed by atoms with Gasteiger partial charge in [-0.2, -0.15) is 15.0 Å². The molecule has 0 saturated heterocycles. The normalized spacial score (nSPS) is 13.4. The lowest BCUT2D eigenvalue weighted by atomic mass is 10.1. The minimum Gasteiger partial charge on any atom is -0.468 e. The van der Waals surface area contributed by atoms with Gasteiger partial charge in [0.25, 0.3) is 6.01 Å². The predicted octanol–water partition coefficient (Wildman–Crippen LogP) is 1.44. The van der Waals surface area contributed by atoms with E-state index in [0.717, 1.165) is 0 Å². The van der Waals surface area contributed by atoms with Gasteiger partial charge in [-0.15, -0.1) is 0 Å². The lowest BCUT2D eigenvalue weighted by molar-refractivity contribution is 0.192. The van der Waals surface area contributed by atoms with Gasteiger partial charge in [0.2, 0.25) is 0 Å². The fourth-order valence-corrected chi connectivity index (χ4v) is 3.31. The Morgan fingerprint density at radius 3 is 2.77 bits per heavy atom. The number of nitrogens with two attached hydrogens (primary N) is 1. The molecular weight excluding hydrogens is 420 g/mol. The minimum absolute atomic E-state index is 0.0105. The molecule has 0 spiro atoms. The summed E-state index contributed by atoms with van der Waals surface area (Å²) in [6, 6.07) is 4.47. The largest absolute Gasteiger partial charge is 0.468 e. The summed E-state index contributed by atoms with van der Waals surface area (Å²) >= 11 is 0. The molecule has 13 heteroatoms. The van der Waals surface area contributed by atoms with Gasteiger partial charge in [0.05, 0.1) is 26.4 Å². The van der Waals surface area contributed by atoms with Crippen molar-refractivity contribution in [2.45, 2.75) is 19.6 Å². The molecule has 0 radical (unpaired) electrons. The van der Waals surface area contributed by atoms with Crippen LogP contribution in [0.3, 0.4) is 0 Å². The maximum atomic E-state index is 14.2. The summed E-state index contributed by atoms with van der Waals surface area (Å²) in [7, 11) is -1.80. The molecule has 30 heavy (non-hydrogen) atoms. The molecule has 11 nitrogen and oxygen atoms in total. The molecule has 0 aliphatic rings. The number of aromatic nitrogens is 4. The zero-order valence-corrected chi connectivity index (χ0v) is 17.2. The Balaban J connectivity index is 2.02. The molecule has 2 atom stereocenters. The van der Waals surface area contributed by atoms with E-state index in [4.69, 9.17) is 29.7 Å². The van der Waals surface area contributed by atoms with Crippen molar-refractivity contribution in [3.8, 4) is 12.0 Å². The van der Waals surface area contributed by atoms with Gasteiger partial charge >= 0.3 is 14.3 Å². The molecule has 2 heterocycles. The number of fused-ring (bicyclic) bond motifs is 1. The topological polar surface area (TPSA) is 155 Å². The SMILES string of the molecule is COc1nc2c(N)nc(OCCO)nc2n1Cc1ccc(F)c(C(C)O[PH](=O)O)c1. The second kappa shape index (κ2) is 9.35. The summed E-state index contributed by atoms with van der Waals surface area (Å²) in [5, 5.41) is 8.93. The van der Waals surface area contributed by atoms with E-state index < -0.39 is 20.2 Å². The highest BCUT2D eigenvalue weighted by Crippen LogP contribution is 2.31. The minimum atomic E-state index is -3.23. The molecule has 0 bridgehead atoms. The molecule has 3 rings (SSSR count). The van der Waals surface area contributed by atoms with Gasteiger partial charge in [0.15, 0.2) is 17.0 Å².